The van der Waals surface area contributed by atoms with Gasteiger partial charge < -0.3 is 0 Å². The van der Waals surface area contributed by atoms with Crippen molar-refractivity contribution in [3.8, 4) is 0 Å². The molecule has 0 radical (unpaired) electrons. The second kappa shape index (κ2) is 4.80. The molecule has 0 aliphatic rings. The summed E-state index contributed by atoms with van der Waals surface area (Å²) in [5.41, 5.74) is 2.28. The minimum Gasteiger partial charge on any atom is -0.281 e. The fourth-order valence-electron chi connectivity index (χ4n) is 1.42. The van der Waals surface area contributed by atoms with E-state index in [1.807, 2.05) is 32.0 Å². The largest absolute Gasteiger partial charge is 0.281 e. The van der Waals surface area contributed by atoms with Crippen molar-refractivity contribution < 1.29 is 1.43 Å². The van der Waals surface area contributed by atoms with E-state index in [9.17, 15) is 0 Å². The van der Waals surface area contributed by atoms with Crippen molar-refractivity contribution in [2.75, 3.05) is 0 Å². The average Bonchev–Trinajstić information content (AvgIpc) is 2.64. The summed E-state index contributed by atoms with van der Waals surface area (Å²) in [6.45, 7) is 8.33. The standard InChI is InChI=1S/C10H12N2.C2H6.H2/c1-7(2)10-8-5-3-4-6-9(8)11-12-10;1-2;/h3-7H,1-2H3,(H,11,12);1-2H3;1H. The molecule has 0 aliphatic heterocycles. The van der Waals surface area contributed by atoms with Crippen molar-refractivity contribution in [3.05, 3.63) is 30.0 Å². The van der Waals surface area contributed by atoms with Crippen molar-refractivity contribution >= 4 is 10.9 Å². The molecule has 14 heavy (non-hydrogen) atoms. The molecule has 0 spiro atoms. The van der Waals surface area contributed by atoms with Crippen LogP contribution in [0.1, 0.15) is 40.7 Å². The van der Waals surface area contributed by atoms with Gasteiger partial charge in [0.2, 0.25) is 0 Å². The van der Waals surface area contributed by atoms with Crippen molar-refractivity contribution in [1.82, 2.24) is 10.2 Å². The molecule has 0 fully saturated rings. The third kappa shape index (κ3) is 1.95. The van der Waals surface area contributed by atoms with Crippen LogP contribution in [0, 0.1) is 0 Å². The first kappa shape index (κ1) is 10.8. The van der Waals surface area contributed by atoms with E-state index in [1.165, 1.54) is 11.1 Å². The fourth-order valence-corrected chi connectivity index (χ4v) is 1.42. The van der Waals surface area contributed by atoms with Gasteiger partial charge in [0.15, 0.2) is 0 Å². The topological polar surface area (TPSA) is 28.7 Å². The van der Waals surface area contributed by atoms with Crippen LogP contribution in [0.3, 0.4) is 0 Å². The van der Waals surface area contributed by atoms with Crippen LogP contribution in [0.4, 0.5) is 0 Å². The lowest BCUT2D eigenvalue weighted by Gasteiger charge is -1.99. The van der Waals surface area contributed by atoms with Crippen LogP contribution in [0.2, 0.25) is 0 Å². The van der Waals surface area contributed by atoms with Gasteiger partial charge in [0.25, 0.3) is 0 Å². The van der Waals surface area contributed by atoms with Crippen LogP contribution in [-0.4, -0.2) is 10.2 Å². The van der Waals surface area contributed by atoms with Gasteiger partial charge in [-0.15, -0.1) is 0 Å². The molecule has 2 rings (SSSR count). The molecule has 0 saturated carbocycles. The van der Waals surface area contributed by atoms with E-state index in [1.54, 1.807) is 0 Å². The first-order chi connectivity index (χ1) is 6.79. The van der Waals surface area contributed by atoms with E-state index in [0.29, 0.717) is 5.92 Å². The van der Waals surface area contributed by atoms with E-state index in [-0.39, 0.29) is 1.43 Å². The van der Waals surface area contributed by atoms with Crippen LogP contribution in [0.25, 0.3) is 10.9 Å². The van der Waals surface area contributed by atoms with E-state index >= 15 is 0 Å². The van der Waals surface area contributed by atoms with E-state index < -0.39 is 0 Å². The maximum atomic E-state index is 4.21. The minimum atomic E-state index is 0. The van der Waals surface area contributed by atoms with E-state index in [4.69, 9.17) is 0 Å². The lowest BCUT2D eigenvalue weighted by atomic mass is 10.1. The normalized spacial score (nSPS) is 10.1. The minimum absolute atomic E-state index is 0. The number of rotatable bonds is 1. The summed E-state index contributed by atoms with van der Waals surface area (Å²) in [5, 5.41) is 8.52. The van der Waals surface area contributed by atoms with Crippen molar-refractivity contribution in [2.24, 2.45) is 0 Å². The lowest BCUT2D eigenvalue weighted by molar-refractivity contribution is 0.818. The Morgan fingerprint density at radius 1 is 1.21 bits per heavy atom. The highest BCUT2D eigenvalue weighted by Gasteiger charge is 2.06. The van der Waals surface area contributed by atoms with Crippen molar-refractivity contribution in [1.29, 1.82) is 0 Å². The molecule has 78 valence electrons. The van der Waals surface area contributed by atoms with Crippen molar-refractivity contribution in [3.63, 3.8) is 0 Å². The zero-order valence-electron chi connectivity index (χ0n) is 9.33. The number of nitrogens with zero attached hydrogens (tertiary/aromatic N) is 1. The molecule has 1 aromatic carbocycles. The molecule has 0 amide bonds. The maximum Gasteiger partial charge on any atom is 0.0923 e. The number of aromatic nitrogens is 2. The van der Waals surface area contributed by atoms with Gasteiger partial charge in [-0.1, -0.05) is 45.9 Å². The van der Waals surface area contributed by atoms with Crippen LogP contribution >= 0.6 is 0 Å². The smallest absolute Gasteiger partial charge is 0.0923 e. The molecule has 0 unspecified atom stereocenters. The molecule has 1 N–H and O–H groups in total. The van der Waals surface area contributed by atoms with Crippen LogP contribution < -0.4 is 0 Å². The number of fused-ring (bicyclic) bond motifs is 1. The highest BCUT2D eigenvalue weighted by molar-refractivity contribution is 5.81. The Kier molecular flexibility index (Phi) is 3.69. The molecule has 1 aromatic heterocycles. The second-order valence-electron chi connectivity index (χ2n) is 3.31. The zero-order valence-corrected chi connectivity index (χ0v) is 9.33. The Morgan fingerprint density at radius 3 is 2.50 bits per heavy atom. The van der Waals surface area contributed by atoms with Crippen LogP contribution in [0.5, 0.6) is 0 Å². The summed E-state index contributed by atoms with van der Waals surface area (Å²) in [6, 6.07) is 8.18. The van der Waals surface area contributed by atoms with Gasteiger partial charge in [-0.05, 0) is 12.0 Å². The summed E-state index contributed by atoms with van der Waals surface area (Å²) in [4.78, 5) is 0. The Morgan fingerprint density at radius 2 is 1.86 bits per heavy atom. The van der Waals surface area contributed by atoms with Crippen LogP contribution in [0.15, 0.2) is 24.3 Å². The lowest BCUT2D eigenvalue weighted by Crippen LogP contribution is -1.86. The molecule has 2 heteroatoms. The number of hydrogen-bond acceptors (Lipinski definition) is 1. The summed E-state index contributed by atoms with van der Waals surface area (Å²) in [5.74, 6) is 0.511. The predicted molar refractivity (Wildman–Crippen MR) is 63.6 cm³/mol. The summed E-state index contributed by atoms with van der Waals surface area (Å²) < 4.78 is 0. The second-order valence-corrected chi connectivity index (χ2v) is 3.31. The van der Waals surface area contributed by atoms with Gasteiger partial charge in [0.05, 0.1) is 5.52 Å². The van der Waals surface area contributed by atoms with E-state index in [0.717, 1.165) is 5.52 Å². The first-order valence-electron chi connectivity index (χ1n) is 5.22. The van der Waals surface area contributed by atoms with Gasteiger partial charge in [0, 0.05) is 12.5 Å². The molecule has 0 aliphatic carbocycles. The number of aromatic amines is 1. The first-order valence-corrected chi connectivity index (χ1v) is 5.22. The van der Waals surface area contributed by atoms with Gasteiger partial charge in [-0.3, -0.25) is 5.10 Å². The molecule has 0 bridgehead atoms. The number of nitrogens with one attached hydrogen (secondary N) is 1. The monoisotopic (exact) mass is 192 g/mol. The molecule has 2 aromatic rings. The highest BCUT2D eigenvalue weighted by atomic mass is 15.1. The Balaban J connectivity index is 0.000000617. The van der Waals surface area contributed by atoms with Gasteiger partial charge >= 0.3 is 0 Å². The van der Waals surface area contributed by atoms with Gasteiger partial charge in [0.1, 0.15) is 0 Å². The maximum absolute atomic E-state index is 4.21. The van der Waals surface area contributed by atoms with Crippen molar-refractivity contribution in [2.45, 2.75) is 33.6 Å². The molecular formula is C12H20N2. The quantitative estimate of drug-likeness (QED) is 0.728. The third-order valence-corrected chi connectivity index (χ3v) is 2.07. The summed E-state index contributed by atoms with van der Waals surface area (Å²) in [7, 11) is 0. The molecule has 0 atom stereocenters. The molecule has 2 nitrogen and oxygen atoms in total. The zero-order chi connectivity index (χ0) is 10.6. The summed E-state index contributed by atoms with van der Waals surface area (Å²) >= 11 is 0. The number of hydrogen-bond donors (Lipinski definition) is 1. The predicted octanol–water partition coefficient (Wildman–Crippen LogP) is 3.96. The summed E-state index contributed by atoms with van der Waals surface area (Å²) in [6.07, 6.45) is 0. The Bertz CT molecular complexity index is 393. The van der Waals surface area contributed by atoms with E-state index in [2.05, 4.69) is 30.1 Å². The third-order valence-electron chi connectivity index (χ3n) is 2.07. The van der Waals surface area contributed by atoms with Gasteiger partial charge in [-0.25, -0.2) is 0 Å². The average molecular weight is 192 g/mol. The molecule has 0 saturated heterocycles. The van der Waals surface area contributed by atoms with Crippen LogP contribution in [-0.2, 0) is 0 Å². The number of H-pyrrole nitrogens is 1. The number of benzene rings is 1. The molecular weight excluding hydrogens is 172 g/mol. The Labute approximate surface area is 86.8 Å². The Hall–Kier alpha value is -1.31. The van der Waals surface area contributed by atoms with Gasteiger partial charge in [-0.2, -0.15) is 5.10 Å². The fraction of sp³-hybridized carbons (Fsp3) is 0.417. The molecule has 1 heterocycles. The number of para-hydroxylation sites is 1. The highest BCUT2D eigenvalue weighted by Crippen LogP contribution is 2.21. The SMILES string of the molecule is CC.CC(C)c1[nH]nc2ccccc12.[HH].